The lowest BCUT2D eigenvalue weighted by Gasteiger charge is -2.35. The first-order chi connectivity index (χ1) is 8.86. The Hall–Kier alpha value is -1.55. The van der Waals surface area contributed by atoms with E-state index in [1.807, 2.05) is 13.8 Å². The van der Waals surface area contributed by atoms with Crippen molar-refractivity contribution in [3.63, 3.8) is 0 Å². The van der Waals surface area contributed by atoms with Crippen LogP contribution in [0.4, 0.5) is 0 Å². The van der Waals surface area contributed by atoms with Crippen molar-refractivity contribution in [2.24, 2.45) is 11.8 Å². The summed E-state index contributed by atoms with van der Waals surface area (Å²) in [5.74, 6) is -1.30. The number of aliphatic carboxylic acids is 1. The molecule has 4 heteroatoms. The van der Waals surface area contributed by atoms with Crippen molar-refractivity contribution in [3.05, 3.63) is 29.8 Å². The minimum absolute atomic E-state index is 0.162. The van der Waals surface area contributed by atoms with Gasteiger partial charge in [0, 0.05) is 0 Å². The van der Waals surface area contributed by atoms with E-state index in [4.69, 9.17) is 4.74 Å². The normalized spacial score (nSPS) is 15.9. The second kappa shape index (κ2) is 6.06. The molecular weight excluding hydrogens is 244 g/mol. The van der Waals surface area contributed by atoms with Gasteiger partial charge in [0.05, 0.1) is 13.0 Å². The van der Waals surface area contributed by atoms with Crippen LogP contribution < -0.4 is 4.74 Å². The minimum Gasteiger partial charge on any atom is -0.497 e. The largest absolute Gasteiger partial charge is 0.497 e. The van der Waals surface area contributed by atoms with Crippen LogP contribution in [-0.2, 0) is 10.4 Å². The second-order valence-corrected chi connectivity index (χ2v) is 5.07. The molecule has 0 fully saturated rings. The van der Waals surface area contributed by atoms with E-state index in [2.05, 4.69) is 0 Å². The van der Waals surface area contributed by atoms with Crippen LogP contribution in [0.2, 0.25) is 0 Å². The number of benzene rings is 1. The summed E-state index contributed by atoms with van der Waals surface area (Å²) in [7, 11) is 1.56. The Bertz CT molecular complexity index is 424. The molecule has 4 nitrogen and oxygen atoms in total. The van der Waals surface area contributed by atoms with Gasteiger partial charge in [0.1, 0.15) is 11.4 Å². The lowest BCUT2D eigenvalue weighted by atomic mass is 9.74. The van der Waals surface area contributed by atoms with Gasteiger partial charge in [-0.3, -0.25) is 4.79 Å². The van der Waals surface area contributed by atoms with E-state index >= 15 is 0 Å². The molecule has 0 aliphatic carbocycles. The molecule has 2 atom stereocenters. The van der Waals surface area contributed by atoms with E-state index in [9.17, 15) is 15.0 Å². The second-order valence-electron chi connectivity index (χ2n) is 5.07. The van der Waals surface area contributed by atoms with Crippen LogP contribution >= 0.6 is 0 Å². The summed E-state index contributed by atoms with van der Waals surface area (Å²) < 4.78 is 5.07. The van der Waals surface area contributed by atoms with Crippen molar-refractivity contribution in [1.82, 2.24) is 0 Å². The standard InChI is InChI=1S/C15H22O4/c1-5-15(18,13(10(2)3)14(16)17)11-6-8-12(19-4)9-7-11/h6-10,13,18H,5H2,1-4H3,(H,16,17). The van der Waals surface area contributed by atoms with Crippen LogP contribution in [0.1, 0.15) is 32.8 Å². The predicted octanol–water partition coefficient (Wildman–Crippen LogP) is 2.65. The highest BCUT2D eigenvalue weighted by Gasteiger charge is 2.43. The number of methoxy groups -OCH3 is 1. The molecule has 0 aliphatic heterocycles. The molecule has 2 N–H and O–H groups in total. The maximum atomic E-state index is 11.5. The molecule has 0 saturated carbocycles. The Balaban J connectivity index is 3.23. The highest BCUT2D eigenvalue weighted by molar-refractivity contribution is 5.72. The Kier molecular flexibility index (Phi) is 4.95. The predicted molar refractivity (Wildman–Crippen MR) is 73.1 cm³/mol. The fraction of sp³-hybridized carbons (Fsp3) is 0.533. The molecule has 0 saturated heterocycles. The molecule has 0 amide bonds. The van der Waals surface area contributed by atoms with Crippen molar-refractivity contribution in [3.8, 4) is 5.75 Å². The van der Waals surface area contributed by atoms with Gasteiger partial charge in [0.25, 0.3) is 0 Å². The van der Waals surface area contributed by atoms with Crippen LogP contribution in [0.3, 0.4) is 0 Å². The number of carboxylic acids is 1. The molecule has 0 bridgehead atoms. The molecule has 0 radical (unpaired) electrons. The van der Waals surface area contributed by atoms with Crippen molar-refractivity contribution >= 4 is 5.97 Å². The summed E-state index contributed by atoms with van der Waals surface area (Å²) in [4.78, 5) is 11.5. The summed E-state index contributed by atoms with van der Waals surface area (Å²) in [5.41, 5.74) is -0.761. The summed E-state index contributed by atoms with van der Waals surface area (Å²) >= 11 is 0. The first kappa shape index (κ1) is 15.5. The van der Waals surface area contributed by atoms with Crippen molar-refractivity contribution in [1.29, 1.82) is 0 Å². The van der Waals surface area contributed by atoms with Gasteiger partial charge in [0.2, 0.25) is 0 Å². The SMILES string of the molecule is CCC(O)(c1ccc(OC)cc1)C(C(=O)O)C(C)C. The molecule has 1 rings (SSSR count). The van der Waals surface area contributed by atoms with E-state index in [0.717, 1.165) is 0 Å². The van der Waals surface area contributed by atoms with Crippen LogP contribution in [0, 0.1) is 11.8 Å². The van der Waals surface area contributed by atoms with Crippen molar-refractivity contribution in [2.75, 3.05) is 7.11 Å². The van der Waals surface area contributed by atoms with E-state index in [0.29, 0.717) is 17.7 Å². The fourth-order valence-corrected chi connectivity index (χ4v) is 2.52. The van der Waals surface area contributed by atoms with Gasteiger partial charge in [-0.1, -0.05) is 32.9 Å². The zero-order valence-corrected chi connectivity index (χ0v) is 11.9. The third kappa shape index (κ3) is 3.07. The Labute approximate surface area is 114 Å². The topological polar surface area (TPSA) is 66.8 Å². The highest BCUT2D eigenvalue weighted by Crippen LogP contribution is 2.38. The number of carbonyl (C=O) groups is 1. The number of hydrogen-bond donors (Lipinski definition) is 2. The number of aliphatic hydroxyl groups is 1. The van der Waals surface area contributed by atoms with Gasteiger partial charge >= 0.3 is 5.97 Å². The summed E-state index contributed by atoms with van der Waals surface area (Å²) in [6, 6.07) is 6.91. The Morgan fingerprint density at radius 2 is 1.84 bits per heavy atom. The van der Waals surface area contributed by atoms with Crippen LogP contribution in [0.5, 0.6) is 5.75 Å². The van der Waals surface area contributed by atoms with E-state index in [1.165, 1.54) is 0 Å². The van der Waals surface area contributed by atoms with E-state index in [1.54, 1.807) is 38.3 Å². The molecule has 0 heterocycles. The average Bonchev–Trinajstić information content (AvgIpc) is 2.37. The lowest BCUT2D eigenvalue weighted by molar-refractivity contribution is -0.157. The lowest BCUT2D eigenvalue weighted by Crippen LogP contribution is -2.42. The quantitative estimate of drug-likeness (QED) is 0.830. The van der Waals surface area contributed by atoms with Crippen molar-refractivity contribution in [2.45, 2.75) is 32.8 Å². The monoisotopic (exact) mass is 266 g/mol. The molecule has 106 valence electrons. The van der Waals surface area contributed by atoms with Gasteiger partial charge in [-0.2, -0.15) is 0 Å². The zero-order valence-electron chi connectivity index (χ0n) is 11.9. The molecule has 2 unspecified atom stereocenters. The first-order valence-electron chi connectivity index (χ1n) is 6.46. The van der Waals surface area contributed by atoms with Gasteiger partial charge in [0.15, 0.2) is 0 Å². The Morgan fingerprint density at radius 3 is 2.16 bits per heavy atom. The zero-order chi connectivity index (χ0) is 14.6. The van der Waals surface area contributed by atoms with Crippen LogP contribution in [-0.4, -0.2) is 23.3 Å². The summed E-state index contributed by atoms with van der Waals surface area (Å²) in [6.45, 7) is 5.41. The van der Waals surface area contributed by atoms with Gasteiger partial charge in [-0.05, 0) is 30.0 Å². The molecule has 0 spiro atoms. The molecule has 1 aromatic rings. The van der Waals surface area contributed by atoms with E-state index in [-0.39, 0.29) is 5.92 Å². The van der Waals surface area contributed by atoms with Crippen molar-refractivity contribution < 1.29 is 19.7 Å². The molecule has 0 aromatic heterocycles. The molecular formula is C15H22O4. The summed E-state index contributed by atoms with van der Waals surface area (Å²) in [5, 5.41) is 20.2. The van der Waals surface area contributed by atoms with Gasteiger partial charge in [-0.25, -0.2) is 0 Å². The number of rotatable bonds is 6. The maximum Gasteiger partial charge on any atom is 0.310 e. The van der Waals surface area contributed by atoms with E-state index < -0.39 is 17.5 Å². The highest BCUT2D eigenvalue weighted by atomic mass is 16.5. The third-order valence-electron chi connectivity index (χ3n) is 3.58. The van der Waals surface area contributed by atoms with Gasteiger partial charge in [-0.15, -0.1) is 0 Å². The molecule has 19 heavy (non-hydrogen) atoms. The number of hydrogen-bond acceptors (Lipinski definition) is 3. The maximum absolute atomic E-state index is 11.5. The molecule has 1 aromatic carbocycles. The molecule has 0 aliphatic rings. The third-order valence-corrected chi connectivity index (χ3v) is 3.58. The number of carboxylic acid groups (broad SMARTS) is 1. The fourth-order valence-electron chi connectivity index (χ4n) is 2.52. The van der Waals surface area contributed by atoms with Crippen LogP contribution in [0.25, 0.3) is 0 Å². The first-order valence-corrected chi connectivity index (χ1v) is 6.46. The number of ether oxygens (including phenoxy) is 1. The average molecular weight is 266 g/mol. The van der Waals surface area contributed by atoms with Crippen LogP contribution in [0.15, 0.2) is 24.3 Å². The van der Waals surface area contributed by atoms with Gasteiger partial charge < -0.3 is 14.9 Å². The summed E-state index contributed by atoms with van der Waals surface area (Å²) in [6.07, 6.45) is 0.342. The Morgan fingerprint density at radius 1 is 1.32 bits per heavy atom. The minimum atomic E-state index is -1.37. The smallest absolute Gasteiger partial charge is 0.310 e.